The van der Waals surface area contributed by atoms with Gasteiger partial charge >= 0.3 is 0 Å². The lowest BCUT2D eigenvalue weighted by atomic mass is 9.67. The van der Waals surface area contributed by atoms with E-state index in [-0.39, 0.29) is 42.1 Å². The normalized spacial score (nSPS) is 31.8. The predicted octanol–water partition coefficient (Wildman–Crippen LogP) is 2.81. The number of rotatable bonds is 4. The van der Waals surface area contributed by atoms with Crippen molar-refractivity contribution >= 4 is 11.8 Å². The third kappa shape index (κ3) is 4.02. The fourth-order valence-corrected chi connectivity index (χ4v) is 4.57. The molecule has 5 heteroatoms. The Bertz CT molecular complexity index is 631. The Morgan fingerprint density at radius 3 is 2.68 bits per heavy atom. The van der Waals surface area contributed by atoms with Gasteiger partial charge in [0.2, 0.25) is 11.8 Å². The van der Waals surface area contributed by atoms with Gasteiger partial charge in [0, 0.05) is 18.0 Å². The van der Waals surface area contributed by atoms with Crippen LogP contribution in [0.3, 0.4) is 0 Å². The highest BCUT2D eigenvalue weighted by Crippen LogP contribution is 2.38. The summed E-state index contributed by atoms with van der Waals surface area (Å²) in [6, 6.07) is 6.28. The first-order valence-corrected chi connectivity index (χ1v) is 9.32. The number of carbonyl (C=O) groups excluding carboxylic acids is 2. The van der Waals surface area contributed by atoms with Gasteiger partial charge < -0.3 is 10.6 Å². The van der Waals surface area contributed by atoms with E-state index in [1.807, 2.05) is 0 Å². The first-order valence-electron chi connectivity index (χ1n) is 9.32. The summed E-state index contributed by atoms with van der Waals surface area (Å²) in [7, 11) is 0. The fraction of sp³-hybridized carbons (Fsp3) is 0.600. The molecule has 136 valence electrons. The van der Waals surface area contributed by atoms with Gasteiger partial charge in [-0.1, -0.05) is 26.0 Å². The van der Waals surface area contributed by atoms with E-state index in [0.717, 1.165) is 31.2 Å². The highest BCUT2D eigenvalue weighted by molar-refractivity contribution is 5.80. The van der Waals surface area contributed by atoms with E-state index >= 15 is 0 Å². The second-order valence-corrected chi connectivity index (χ2v) is 7.53. The first-order chi connectivity index (χ1) is 12.0. The summed E-state index contributed by atoms with van der Waals surface area (Å²) in [5.74, 6) is 0.847. The number of fused-ring (bicyclic) bond motifs is 1. The summed E-state index contributed by atoms with van der Waals surface area (Å²) in [5, 5.41) is 6.26. The summed E-state index contributed by atoms with van der Waals surface area (Å²) in [4.78, 5) is 24.5. The highest BCUT2D eigenvalue weighted by atomic mass is 19.1. The molecule has 4 nitrogen and oxygen atoms in total. The van der Waals surface area contributed by atoms with E-state index in [9.17, 15) is 14.0 Å². The van der Waals surface area contributed by atoms with Crippen molar-refractivity contribution in [1.82, 2.24) is 10.6 Å². The molecule has 1 aliphatic carbocycles. The number of nitrogens with one attached hydrogen (secondary N) is 2. The minimum atomic E-state index is -0.296. The third-order valence-corrected chi connectivity index (χ3v) is 5.96. The van der Waals surface area contributed by atoms with Crippen LogP contribution < -0.4 is 10.6 Å². The Balaban J connectivity index is 1.55. The van der Waals surface area contributed by atoms with Gasteiger partial charge in [-0.05, 0) is 55.2 Å². The van der Waals surface area contributed by atoms with Gasteiger partial charge in [-0.2, -0.15) is 0 Å². The zero-order valence-corrected chi connectivity index (χ0v) is 14.9. The van der Waals surface area contributed by atoms with Gasteiger partial charge in [-0.3, -0.25) is 9.59 Å². The van der Waals surface area contributed by atoms with Crippen molar-refractivity contribution in [1.29, 1.82) is 0 Å². The van der Waals surface area contributed by atoms with E-state index in [1.54, 1.807) is 12.1 Å². The van der Waals surface area contributed by atoms with Crippen molar-refractivity contribution in [2.75, 3.05) is 0 Å². The molecule has 5 atom stereocenters. The minimum Gasteiger partial charge on any atom is -0.353 e. The molecule has 0 bridgehead atoms. The maximum atomic E-state index is 12.9. The van der Waals surface area contributed by atoms with Gasteiger partial charge in [-0.15, -0.1) is 0 Å². The molecular formula is C20H27FN2O2. The SMILES string of the molecule is CCC1C(=O)NC2CC(NC(=O)Cc3ccc(F)cc3)CCC2C1C. The van der Waals surface area contributed by atoms with Crippen molar-refractivity contribution in [3.05, 3.63) is 35.6 Å². The van der Waals surface area contributed by atoms with E-state index in [1.165, 1.54) is 12.1 Å². The van der Waals surface area contributed by atoms with Crippen LogP contribution >= 0.6 is 0 Å². The Morgan fingerprint density at radius 2 is 2.00 bits per heavy atom. The zero-order chi connectivity index (χ0) is 18.0. The molecule has 2 amide bonds. The quantitative estimate of drug-likeness (QED) is 0.881. The van der Waals surface area contributed by atoms with Gasteiger partial charge in [0.15, 0.2) is 0 Å². The molecule has 0 spiro atoms. The maximum Gasteiger partial charge on any atom is 0.224 e. The van der Waals surface area contributed by atoms with Crippen LogP contribution in [0.2, 0.25) is 0 Å². The van der Waals surface area contributed by atoms with E-state index in [2.05, 4.69) is 24.5 Å². The summed E-state index contributed by atoms with van der Waals surface area (Å²) in [6.07, 6.45) is 3.92. The van der Waals surface area contributed by atoms with Crippen molar-refractivity contribution < 1.29 is 14.0 Å². The molecule has 1 aromatic rings. The molecule has 0 aromatic heterocycles. The van der Waals surface area contributed by atoms with Gasteiger partial charge in [-0.25, -0.2) is 4.39 Å². The molecule has 0 radical (unpaired) electrons. The molecule has 1 saturated heterocycles. The van der Waals surface area contributed by atoms with E-state index in [4.69, 9.17) is 0 Å². The van der Waals surface area contributed by atoms with Crippen LogP contribution in [0.15, 0.2) is 24.3 Å². The molecule has 2 fully saturated rings. The van der Waals surface area contributed by atoms with Crippen LogP contribution in [0.1, 0.15) is 45.1 Å². The summed E-state index contributed by atoms with van der Waals surface area (Å²) < 4.78 is 12.9. The lowest BCUT2D eigenvalue weighted by Crippen LogP contribution is -2.58. The number of hydrogen-bond acceptors (Lipinski definition) is 2. The second kappa shape index (κ2) is 7.54. The monoisotopic (exact) mass is 346 g/mol. The van der Waals surface area contributed by atoms with Crippen molar-refractivity contribution in [2.24, 2.45) is 17.8 Å². The molecular weight excluding hydrogens is 319 g/mol. The Hall–Kier alpha value is -1.91. The minimum absolute atomic E-state index is 0.0447. The topological polar surface area (TPSA) is 58.2 Å². The molecule has 25 heavy (non-hydrogen) atoms. The summed E-state index contributed by atoms with van der Waals surface area (Å²) >= 11 is 0. The standard InChI is InChI=1S/C20H27FN2O2/c1-3-16-12(2)17-9-8-15(11-18(17)23-20(16)25)22-19(24)10-13-4-6-14(21)7-5-13/h4-7,12,15-18H,3,8-11H2,1-2H3,(H,22,24)(H,23,25). The highest BCUT2D eigenvalue weighted by Gasteiger charge is 2.43. The molecule has 2 N–H and O–H groups in total. The number of halogens is 1. The number of hydrogen-bond donors (Lipinski definition) is 2. The van der Waals surface area contributed by atoms with Crippen LogP contribution in [0.5, 0.6) is 0 Å². The number of benzene rings is 1. The van der Waals surface area contributed by atoms with Crippen LogP contribution in [0.25, 0.3) is 0 Å². The van der Waals surface area contributed by atoms with Gasteiger partial charge in [0.1, 0.15) is 5.82 Å². The van der Waals surface area contributed by atoms with E-state index in [0.29, 0.717) is 11.8 Å². The van der Waals surface area contributed by atoms with Crippen molar-refractivity contribution in [3.63, 3.8) is 0 Å². The van der Waals surface area contributed by atoms with Crippen molar-refractivity contribution in [2.45, 2.75) is 58.0 Å². The molecule has 2 aliphatic rings. The largest absolute Gasteiger partial charge is 0.353 e. The Labute approximate surface area is 148 Å². The first kappa shape index (κ1) is 17.9. The average Bonchev–Trinajstić information content (AvgIpc) is 2.57. The molecule has 1 heterocycles. The van der Waals surface area contributed by atoms with Crippen LogP contribution in [0, 0.1) is 23.6 Å². The van der Waals surface area contributed by atoms with Gasteiger partial charge in [0.25, 0.3) is 0 Å². The number of carbonyl (C=O) groups is 2. The average molecular weight is 346 g/mol. The van der Waals surface area contributed by atoms with Crippen molar-refractivity contribution in [3.8, 4) is 0 Å². The Morgan fingerprint density at radius 1 is 1.28 bits per heavy atom. The summed E-state index contributed by atoms with van der Waals surface area (Å²) in [6.45, 7) is 4.26. The Kier molecular flexibility index (Phi) is 5.40. The van der Waals surface area contributed by atoms with Crippen LogP contribution in [-0.4, -0.2) is 23.9 Å². The van der Waals surface area contributed by atoms with Gasteiger partial charge in [0.05, 0.1) is 6.42 Å². The maximum absolute atomic E-state index is 12.9. The smallest absolute Gasteiger partial charge is 0.224 e. The van der Waals surface area contributed by atoms with Crippen LogP contribution in [-0.2, 0) is 16.0 Å². The molecule has 1 aromatic carbocycles. The molecule has 3 rings (SSSR count). The number of amides is 2. The number of piperidine rings is 1. The second-order valence-electron chi connectivity index (χ2n) is 7.53. The molecule has 5 unspecified atom stereocenters. The van der Waals surface area contributed by atoms with E-state index < -0.39 is 0 Å². The summed E-state index contributed by atoms with van der Waals surface area (Å²) in [5.41, 5.74) is 0.804. The lowest BCUT2D eigenvalue weighted by molar-refractivity contribution is -0.133. The lowest BCUT2D eigenvalue weighted by Gasteiger charge is -2.46. The predicted molar refractivity (Wildman–Crippen MR) is 94.3 cm³/mol. The van der Waals surface area contributed by atoms with Crippen LogP contribution in [0.4, 0.5) is 4.39 Å². The molecule has 1 aliphatic heterocycles. The fourth-order valence-electron chi connectivity index (χ4n) is 4.57. The zero-order valence-electron chi connectivity index (χ0n) is 14.9. The third-order valence-electron chi connectivity index (χ3n) is 5.96. The molecule has 1 saturated carbocycles.